The number of halogens is 1. The van der Waals surface area contributed by atoms with Crippen molar-refractivity contribution in [3.63, 3.8) is 0 Å². The molecule has 1 heterocycles. The summed E-state index contributed by atoms with van der Waals surface area (Å²) in [4.78, 5) is 0. The molecule has 1 aliphatic heterocycles. The standard InChI is InChI=1S/C10H12BrNO3S/c11-8-1-2-9-7(6-16(12,13)14)3-4-15-10(9)5-8/h1-2,5,7H,3-4,6H2,(H2,12,13,14). The third kappa shape index (κ3) is 2.75. The van der Waals surface area contributed by atoms with Gasteiger partial charge in [0.05, 0.1) is 12.4 Å². The van der Waals surface area contributed by atoms with E-state index in [1.54, 1.807) is 0 Å². The SMILES string of the molecule is NS(=O)(=O)CC1CCOc2cc(Br)ccc21. The molecule has 4 nitrogen and oxygen atoms in total. The Morgan fingerprint density at radius 1 is 1.50 bits per heavy atom. The molecule has 0 spiro atoms. The van der Waals surface area contributed by atoms with Gasteiger partial charge in [0.25, 0.3) is 0 Å². The molecule has 1 unspecified atom stereocenters. The average molecular weight is 306 g/mol. The Hall–Kier alpha value is -0.590. The van der Waals surface area contributed by atoms with Gasteiger partial charge in [0.15, 0.2) is 0 Å². The van der Waals surface area contributed by atoms with Crippen LogP contribution in [0.4, 0.5) is 0 Å². The van der Waals surface area contributed by atoms with Crippen LogP contribution >= 0.6 is 15.9 Å². The maximum Gasteiger partial charge on any atom is 0.209 e. The smallest absolute Gasteiger partial charge is 0.209 e. The minimum absolute atomic E-state index is 0.0228. The predicted molar refractivity (Wildman–Crippen MR) is 65.0 cm³/mol. The summed E-state index contributed by atoms with van der Waals surface area (Å²) in [6.07, 6.45) is 0.686. The predicted octanol–water partition coefficient (Wildman–Crippen LogP) is 1.60. The largest absolute Gasteiger partial charge is 0.493 e. The molecule has 0 aromatic heterocycles. The second-order valence-corrected chi connectivity index (χ2v) is 6.42. The van der Waals surface area contributed by atoms with E-state index in [1.165, 1.54) is 0 Å². The van der Waals surface area contributed by atoms with Crippen molar-refractivity contribution in [1.29, 1.82) is 0 Å². The van der Waals surface area contributed by atoms with E-state index in [9.17, 15) is 8.42 Å². The number of benzene rings is 1. The van der Waals surface area contributed by atoms with Crippen molar-refractivity contribution in [1.82, 2.24) is 0 Å². The van der Waals surface area contributed by atoms with Crippen LogP contribution in [-0.2, 0) is 10.0 Å². The second-order valence-electron chi connectivity index (χ2n) is 3.85. The number of hydrogen-bond acceptors (Lipinski definition) is 3. The summed E-state index contributed by atoms with van der Waals surface area (Å²) in [5.41, 5.74) is 0.920. The molecule has 0 amide bonds. The van der Waals surface area contributed by atoms with E-state index < -0.39 is 10.0 Å². The molecule has 88 valence electrons. The Balaban J connectivity index is 2.33. The first kappa shape index (κ1) is 11.9. The highest BCUT2D eigenvalue weighted by Gasteiger charge is 2.25. The van der Waals surface area contributed by atoms with Crippen molar-refractivity contribution < 1.29 is 13.2 Å². The molecule has 1 aromatic rings. The lowest BCUT2D eigenvalue weighted by atomic mass is 9.95. The minimum atomic E-state index is -3.44. The highest BCUT2D eigenvalue weighted by molar-refractivity contribution is 9.10. The first-order valence-electron chi connectivity index (χ1n) is 4.88. The molecule has 1 aliphatic rings. The summed E-state index contributed by atoms with van der Waals surface area (Å²) in [5.74, 6) is 0.659. The summed E-state index contributed by atoms with van der Waals surface area (Å²) in [6.45, 7) is 0.531. The molecular formula is C10H12BrNO3S. The van der Waals surface area contributed by atoms with Gasteiger partial charge in [-0.3, -0.25) is 0 Å². The lowest BCUT2D eigenvalue weighted by molar-refractivity contribution is 0.272. The van der Waals surface area contributed by atoms with Crippen molar-refractivity contribution in [2.75, 3.05) is 12.4 Å². The lowest BCUT2D eigenvalue weighted by Gasteiger charge is -2.25. The molecule has 0 saturated carbocycles. The normalized spacial score (nSPS) is 20.0. The molecule has 0 radical (unpaired) electrons. The molecule has 0 aliphatic carbocycles. The van der Waals surface area contributed by atoms with Crippen LogP contribution in [0.25, 0.3) is 0 Å². The molecule has 6 heteroatoms. The number of ether oxygens (including phenoxy) is 1. The Kier molecular flexibility index (Phi) is 3.23. The quantitative estimate of drug-likeness (QED) is 0.902. The maximum atomic E-state index is 11.1. The molecule has 1 aromatic carbocycles. The minimum Gasteiger partial charge on any atom is -0.493 e. The Bertz CT molecular complexity index is 501. The summed E-state index contributed by atoms with van der Waals surface area (Å²) >= 11 is 3.35. The molecule has 0 fully saturated rings. The van der Waals surface area contributed by atoms with Crippen molar-refractivity contribution in [3.8, 4) is 5.75 Å². The molecule has 0 bridgehead atoms. The number of nitrogens with two attached hydrogens (primary N) is 1. The Morgan fingerprint density at radius 3 is 2.94 bits per heavy atom. The van der Waals surface area contributed by atoms with Crippen LogP contribution in [0.2, 0.25) is 0 Å². The van der Waals surface area contributed by atoms with Crippen molar-refractivity contribution in [2.24, 2.45) is 5.14 Å². The summed E-state index contributed by atoms with van der Waals surface area (Å²) < 4.78 is 28.6. The van der Waals surface area contributed by atoms with Gasteiger partial charge in [-0.25, -0.2) is 13.6 Å². The average Bonchev–Trinajstić information content (AvgIpc) is 2.15. The van der Waals surface area contributed by atoms with E-state index in [-0.39, 0.29) is 11.7 Å². The summed E-state index contributed by atoms with van der Waals surface area (Å²) in [5, 5.41) is 5.08. The fourth-order valence-electron chi connectivity index (χ4n) is 1.89. The van der Waals surface area contributed by atoms with Gasteiger partial charge < -0.3 is 4.74 Å². The third-order valence-corrected chi connectivity index (χ3v) is 3.93. The number of rotatable bonds is 2. The van der Waals surface area contributed by atoms with Crippen LogP contribution in [0.1, 0.15) is 17.9 Å². The van der Waals surface area contributed by atoms with Crippen LogP contribution in [0.15, 0.2) is 22.7 Å². The number of primary sulfonamides is 1. The number of hydrogen-bond donors (Lipinski definition) is 1. The van der Waals surface area contributed by atoms with Gasteiger partial charge in [-0.05, 0) is 24.1 Å². The van der Waals surface area contributed by atoms with Gasteiger partial charge in [-0.15, -0.1) is 0 Å². The monoisotopic (exact) mass is 305 g/mol. The molecule has 1 atom stereocenters. The summed E-state index contributed by atoms with van der Waals surface area (Å²) in [6, 6.07) is 5.61. The van der Waals surface area contributed by atoms with E-state index in [1.807, 2.05) is 18.2 Å². The van der Waals surface area contributed by atoms with Crippen LogP contribution in [0.5, 0.6) is 5.75 Å². The zero-order chi connectivity index (χ0) is 11.8. The Labute approximate surface area is 103 Å². The first-order chi connectivity index (χ1) is 7.46. The highest BCUT2D eigenvalue weighted by Crippen LogP contribution is 2.35. The van der Waals surface area contributed by atoms with Crippen LogP contribution in [0.3, 0.4) is 0 Å². The van der Waals surface area contributed by atoms with E-state index in [2.05, 4.69) is 15.9 Å². The van der Waals surface area contributed by atoms with E-state index >= 15 is 0 Å². The van der Waals surface area contributed by atoms with Gasteiger partial charge in [-0.1, -0.05) is 22.0 Å². The lowest BCUT2D eigenvalue weighted by Crippen LogP contribution is -2.25. The fraction of sp³-hybridized carbons (Fsp3) is 0.400. The topological polar surface area (TPSA) is 69.4 Å². The first-order valence-corrected chi connectivity index (χ1v) is 7.39. The van der Waals surface area contributed by atoms with E-state index in [0.29, 0.717) is 13.0 Å². The fourth-order valence-corrected chi connectivity index (χ4v) is 3.14. The van der Waals surface area contributed by atoms with Gasteiger partial charge in [0.2, 0.25) is 10.0 Å². The zero-order valence-corrected chi connectivity index (χ0v) is 10.9. The van der Waals surface area contributed by atoms with E-state index in [0.717, 1.165) is 15.8 Å². The van der Waals surface area contributed by atoms with Crippen LogP contribution in [0, 0.1) is 0 Å². The molecule has 2 rings (SSSR count). The molecule has 0 saturated heterocycles. The van der Waals surface area contributed by atoms with Crippen LogP contribution < -0.4 is 9.88 Å². The Morgan fingerprint density at radius 2 is 2.25 bits per heavy atom. The van der Waals surface area contributed by atoms with Gasteiger partial charge in [0, 0.05) is 10.4 Å². The number of sulfonamides is 1. The van der Waals surface area contributed by atoms with Crippen LogP contribution in [-0.4, -0.2) is 20.8 Å². The van der Waals surface area contributed by atoms with E-state index in [4.69, 9.17) is 9.88 Å². The second kappa shape index (κ2) is 4.35. The van der Waals surface area contributed by atoms with Crippen molar-refractivity contribution in [3.05, 3.63) is 28.2 Å². The van der Waals surface area contributed by atoms with Gasteiger partial charge in [-0.2, -0.15) is 0 Å². The maximum absolute atomic E-state index is 11.1. The molecular weight excluding hydrogens is 294 g/mol. The summed E-state index contributed by atoms with van der Waals surface area (Å²) in [7, 11) is -3.44. The van der Waals surface area contributed by atoms with Gasteiger partial charge in [0.1, 0.15) is 5.75 Å². The third-order valence-electron chi connectivity index (χ3n) is 2.57. The molecule has 2 N–H and O–H groups in total. The zero-order valence-electron chi connectivity index (χ0n) is 8.52. The molecule has 16 heavy (non-hydrogen) atoms. The van der Waals surface area contributed by atoms with Gasteiger partial charge >= 0.3 is 0 Å². The van der Waals surface area contributed by atoms with Crippen molar-refractivity contribution >= 4 is 26.0 Å². The van der Waals surface area contributed by atoms with Crippen molar-refractivity contribution in [2.45, 2.75) is 12.3 Å². The number of fused-ring (bicyclic) bond motifs is 1. The highest BCUT2D eigenvalue weighted by atomic mass is 79.9.